The highest BCUT2D eigenvalue weighted by Crippen LogP contribution is 2.34. The summed E-state index contributed by atoms with van der Waals surface area (Å²) < 4.78 is 5.18. The van der Waals surface area contributed by atoms with Crippen molar-refractivity contribution in [2.45, 2.75) is 19.4 Å². The number of carboxylic acid groups (broad SMARTS) is 1. The molecule has 0 spiro atoms. The van der Waals surface area contributed by atoms with E-state index >= 15 is 0 Å². The lowest BCUT2D eigenvalue weighted by atomic mass is 9.87. The molecule has 1 aliphatic heterocycles. The van der Waals surface area contributed by atoms with E-state index in [0.29, 0.717) is 12.1 Å². The second kappa shape index (κ2) is 7.26. The van der Waals surface area contributed by atoms with Gasteiger partial charge in [-0.2, -0.15) is 0 Å². The Balaban J connectivity index is 1.88. The van der Waals surface area contributed by atoms with Crippen LogP contribution in [0.25, 0.3) is 0 Å². The molecular weight excluding hydrogens is 314 g/mol. The van der Waals surface area contributed by atoms with E-state index in [4.69, 9.17) is 4.74 Å². The Labute approximate surface area is 147 Å². The Morgan fingerprint density at radius 3 is 2.40 bits per heavy atom. The van der Waals surface area contributed by atoms with Gasteiger partial charge in [0.05, 0.1) is 12.7 Å². The molecule has 3 rings (SSSR count). The van der Waals surface area contributed by atoms with Crippen LogP contribution in [-0.2, 0) is 11.3 Å². The molecular formula is C21H21NO3. The zero-order valence-corrected chi connectivity index (χ0v) is 14.3. The van der Waals surface area contributed by atoms with E-state index in [9.17, 15) is 9.90 Å². The first-order valence-corrected chi connectivity index (χ1v) is 8.17. The van der Waals surface area contributed by atoms with Crippen molar-refractivity contribution < 1.29 is 14.6 Å². The minimum Gasteiger partial charge on any atom is -0.497 e. The Hall–Kier alpha value is -3.01. The SMILES string of the molecule is COc1ccc(CN2C=CC(c3ccccc3)C(C(=O)O)=C2C)cc1. The van der Waals surface area contributed by atoms with Crippen molar-refractivity contribution in [3.8, 4) is 5.75 Å². The Morgan fingerprint density at radius 1 is 1.12 bits per heavy atom. The lowest BCUT2D eigenvalue weighted by Gasteiger charge is -2.30. The predicted octanol–water partition coefficient (Wildman–Crippen LogP) is 4.17. The molecule has 1 aliphatic rings. The van der Waals surface area contributed by atoms with Crippen molar-refractivity contribution in [2.75, 3.05) is 7.11 Å². The number of benzene rings is 2. The lowest BCUT2D eigenvalue weighted by Crippen LogP contribution is -2.25. The second-order valence-electron chi connectivity index (χ2n) is 6.01. The topological polar surface area (TPSA) is 49.8 Å². The highest BCUT2D eigenvalue weighted by Gasteiger charge is 2.27. The van der Waals surface area contributed by atoms with Crippen LogP contribution in [0, 0.1) is 0 Å². The average molecular weight is 335 g/mol. The summed E-state index contributed by atoms with van der Waals surface area (Å²) in [4.78, 5) is 13.9. The number of rotatable bonds is 5. The molecule has 1 N–H and O–H groups in total. The van der Waals surface area contributed by atoms with Crippen LogP contribution in [0.5, 0.6) is 5.75 Å². The zero-order chi connectivity index (χ0) is 17.8. The third kappa shape index (κ3) is 3.58. The summed E-state index contributed by atoms with van der Waals surface area (Å²) >= 11 is 0. The number of carbonyl (C=O) groups is 1. The van der Waals surface area contributed by atoms with Gasteiger partial charge in [-0.3, -0.25) is 0 Å². The van der Waals surface area contributed by atoms with Gasteiger partial charge in [0.2, 0.25) is 0 Å². The summed E-state index contributed by atoms with van der Waals surface area (Å²) in [5.74, 6) is -0.304. The third-order valence-corrected chi connectivity index (χ3v) is 4.49. The van der Waals surface area contributed by atoms with E-state index in [2.05, 4.69) is 0 Å². The first-order valence-electron chi connectivity index (χ1n) is 8.17. The molecule has 0 saturated carbocycles. The van der Waals surface area contributed by atoms with E-state index in [0.717, 1.165) is 22.6 Å². The zero-order valence-electron chi connectivity index (χ0n) is 14.3. The second-order valence-corrected chi connectivity index (χ2v) is 6.01. The van der Waals surface area contributed by atoms with Gasteiger partial charge in [0.15, 0.2) is 0 Å². The summed E-state index contributed by atoms with van der Waals surface area (Å²) in [5, 5.41) is 9.76. The van der Waals surface area contributed by atoms with Crippen LogP contribution in [0.2, 0.25) is 0 Å². The molecule has 0 aromatic heterocycles. The van der Waals surface area contributed by atoms with E-state index in [1.54, 1.807) is 7.11 Å². The fourth-order valence-corrected chi connectivity index (χ4v) is 3.10. The van der Waals surface area contributed by atoms with Gasteiger partial charge in [-0.1, -0.05) is 48.5 Å². The largest absolute Gasteiger partial charge is 0.497 e. The molecule has 0 fully saturated rings. The van der Waals surface area contributed by atoms with E-state index in [1.165, 1.54) is 0 Å². The van der Waals surface area contributed by atoms with Crippen molar-refractivity contribution >= 4 is 5.97 Å². The molecule has 0 aliphatic carbocycles. The average Bonchev–Trinajstić information content (AvgIpc) is 2.64. The van der Waals surface area contributed by atoms with Gasteiger partial charge in [0, 0.05) is 24.4 Å². The monoisotopic (exact) mass is 335 g/mol. The number of methoxy groups -OCH3 is 1. The number of ether oxygens (including phenoxy) is 1. The molecule has 0 saturated heterocycles. The van der Waals surface area contributed by atoms with Gasteiger partial charge in [-0.15, -0.1) is 0 Å². The molecule has 1 atom stereocenters. The van der Waals surface area contributed by atoms with Crippen molar-refractivity contribution in [1.82, 2.24) is 4.90 Å². The molecule has 2 aromatic rings. The minimum absolute atomic E-state index is 0.231. The molecule has 2 aromatic carbocycles. The normalized spacial score (nSPS) is 16.9. The van der Waals surface area contributed by atoms with Crippen molar-refractivity contribution in [1.29, 1.82) is 0 Å². The highest BCUT2D eigenvalue weighted by molar-refractivity contribution is 5.90. The molecule has 4 heteroatoms. The van der Waals surface area contributed by atoms with Gasteiger partial charge in [0.1, 0.15) is 5.75 Å². The summed E-state index contributed by atoms with van der Waals surface area (Å²) in [6, 6.07) is 17.5. The molecule has 25 heavy (non-hydrogen) atoms. The van der Waals surface area contributed by atoms with Crippen LogP contribution in [0.4, 0.5) is 0 Å². The van der Waals surface area contributed by atoms with Crippen LogP contribution in [0.1, 0.15) is 24.0 Å². The van der Waals surface area contributed by atoms with Gasteiger partial charge in [-0.05, 0) is 30.2 Å². The lowest BCUT2D eigenvalue weighted by molar-refractivity contribution is -0.133. The van der Waals surface area contributed by atoms with Crippen molar-refractivity contribution in [2.24, 2.45) is 0 Å². The van der Waals surface area contributed by atoms with E-state index in [1.807, 2.05) is 78.7 Å². The standard InChI is InChI=1S/C21H21NO3/c1-15-20(21(23)24)19(17-6-4-3-5-7-17)12-13-22(15)14-16-8-10-18(25-2)11-9-16/h3-13,19H,14H2,1-2H3,(H,23,24). The number of allylic oxidation sites excluding steroid dienone is 2. The molecule has 1 heterocycles. The third-order valence-electron chi connectivity index (χ3n) is 4.49. The fourth-order valence-electron chi connectivity index (χ4n) is 3.10. The summed E-state index contributed by atoms with van der Waals surface area (Å²) in [6.07, 6.45) is 3.93. The van der Waals surface area contributed by atoms with Crippen LogP contribution in [-0.4, -0.2) is 23.1 Å². The summed E-state index contributed by atoms with van der Waals surface area (Å²) in [6.45, 7) is 2.48. The minimum atomic E-state index is -0.879. The molecule has 4 nitrogen and oxygen atoms in total. The van der Waals surface area contributed by atoms with Crippen LogP contribution in [0.15, 0.2) is 78.1 Å². The highest BCUT2D eigenvalue weighted by atomic mass is 16.5. The van der Waals surface area contributed by atoms with E-state index in [-0.39, 0.29) is 5.92 Å². The first-order chi connectivity index (χ1) is 12.1. The predicted molar refractivity (Wildman–Crippen MR) is 97.2 cm³/mol. The molecule has 128 valence electrons. The Bertz CT molecular complexity index is 807. The van der Waals surface area contributed by atoms with Gasteiger partial charge in [0.25, 0.3) is 0 Å². The smallest absolute Gasteiger partial charge is 0.334 e. The maximum Gasteiger partial charge on any atom is 0.334 e. The van der Waals surface area contributed by atoms with Crippen molar-refractivity contribution in [3.63, 3.8) is 0 Å². The van der Waals surface area contributed by atoms with Crippen LogP contribution >= 0.6 is 0 Å². The number of carboxylic acids is 1. The molecule has 1 unspecified atom stereocenters. The van der Waals surface area contributed by atoms with Crippen molar-refractivity contribution in [3.05, 3.63) is 89.3 Å². The number of aliphatic carboxylic acids is 1. The Kier molecular flexibility index (Phi) is 4.89. The summed E-state index contributed by atoms with van der Waals surface area (Å²) in [5.41, 5.74) is 3.26. The maximum absolute atomic E-state index is 11.9. The van der Waals surface area contributed by atoms with Gasteiger partial charge >= 0.3 is 5.97 Å². The molecule has 0 amide bonds. The quantitative estimate of drug-likeness (QED) is 0.891. The Morgan fingerprint density at radius 2 is 1.80 bits per heavy atom. The molecule has 0 bridgehead atoms. The first kappa shape index (κ1) is 16.8. The summed E-state index contributed by atoms with van der Waals surface area (Å²) in [7, 11) is 1.64. The number of hydrogen-bond donors (Lipinski definition) is 1. The van der Waals surface area contributed by atoms with Crippen LogP contribution in [0.3, 0.4) is 0 Å². The maximum atomic E-state index is 11.9. The van der Waals surface area contributed by atoms with E-state index < -0.39 is 5.97 Å². The number of nitrogens with zero attached hydrogens (tertiary/aromatic N) is 1. The van der Waals surface area contributed by atoms with Gasteiger partial charge in [-0.25, -0.2) is 4.79 Å². The fraction of sp³-hybridized carbons (Fsp3) is 0.190. The van der Waals surface area contributed by atoms with Gasteiger partial charge < -0.3 is 14.7 Å². The van der Waals surface area contributed by atoms with Crippen LogP contribution < -0.4 is 4.74 Å². The molecule has 0 radical (unpaired) electrons. The number of hydrogen-bond acceptors (Lipinski definition) is 3.